The molecule has 0 bridgehead atoms. The summed E-state index contributed by atoms with van der Waals surface area (Å²) >= 11 is 6.80. The molecule has 0 unspecified atom stereocenters. The van der Waals surface area contributed by atoms with Gasteiger partial charge in [-0.15, -0.1) is 0 Å². The lowest BCUT2D eigenvalue weighted by Gasteiger charge is -2.14. The fourth-order valence-corrected chi connectivity index (χ4v) is 0.512. The molecule has 0 aromatic carbocycles. The van der Waals surface area contributed by atoms with E-state index in [2.05, 4.69) is 57.6 Å². The molecule has 0 aliphatic carbocycles. The minimum absolute atomic E-state index is 0.0167. The van der Waals surface area contributed by atoms with E-state index in [0.29, 0.717) is 0 Å². The van der Waals surface area contributed by atoms with Crippen LogP contribution in [-0.2, 0) is 0 Å². The van der Waals surface area contributed by atoms with Gasteiger partial charge in [-0.25, -0.2) is 0 Å². The van der Waals surface area contributed by atoms with Crippen LogP contribution < -0.4 is 0 Å². The predicted molar refractivity (Wildman–Crippen MR) is 54.5 cm³/mol. The second-order valence-electron chi connectivity index (χ2n) is 3.39. The Bertz CT molecular complexity index is 112. The first-order valence-corrected chi connectivity index (χ1v) is 4.73. The molecule has 0 N–H and O–H groups in total. The van der Waals surface area contributed by atoms with Crippen molar-refractivity contribution in [2.24, 2.45) is 4.99 Å². The minimum atomic E-state index is -0.159. The van der Waals surface area contributed by atoms with Crippen molar-refractivity contribution in [3.8, 4) is 0 Å². The van der Waals surface area contributed by atoms with Crippen LogP contribution in [0.25, 0.3) is 0 Å². The van der Waals surface area contributed by atoms with Crippen molar-refractivity contribution in [2.75, 3.05) is 0 Å². The van der Waals surface area contributed by atoms with Gasteiger partial charge in [0, 0.05) is 6.21 Å². The number of hydrogen-bond donors (Lipinski definition) is 0. The Kier molecular flexibility index (Phi) is 3.56. The summed E-state index contributed by atoms with van der Waals surface area (Å²) in [7, 11) is 0. The SMILES string of the molecule is CC(Br)(Br)C=NC(C)(C)C. The molecule has 0 saturated heterocycles. The maximum Gasteiger partial charge on any atom is 0.112 e. The Morgan fingerprint density at radius 2 is 1.50 bits per heavy atom. The van der Waals surface area contributed by atoms with Crippen molar-refractivity contribution in [1.29, 1.82) is 0 Å². The zero-order valence-corrected chi connectivity index (χ0v) is 9.95. The topological polar surface area (TPSA) is 12.4 Å². The van der Waals surface area contributed by atoms with E-state index in [-0.39, 0.29) is 8.77 Å². The predicted octanol–water partition coefficient (Wildman–Crippen LogP) is 3.36. The minimum Gasteiger partial charge on any atom is -0.289 e. The normalized spacial score (nSPS) is 14.6. The van der Waals surface area contributed by atoms with Crippen molar-refractivity contribution < 1.29 is 0 Å². The van der Waals surface area contributed by atoms with E-state index in [1.165, 1.54) is 0 Å². The molecule has 0 fully saturated rings. The van der Waals surface area contributed by atoms with Gasteiger partial charge in [-0.1, -0.05) is 31.9 Å². The summed E-state index contributed by atoms with van der Waals surface area (Å²) < 4.78 is -0.159. The van der Waals surface area contributed by atoms with Crippen LogP contribution in [-0.4, -0.2) is 15.0 Å². The first-order valence-electron chi connectivity index (χ1n) is 3.15. The Morgan fingerprint density at radius 3 is 1.60 bits per heavy atom. The summed E-state index contributed by atoms with van der Waals surface area (Å²) in [5.41, 5.74) is 0.0167. The van der Waals surface area contributed by atoms with E-state index in [4.69, 9.17) is 0 Å². The van der Waals surface area contributed by atoms with Gasteiger partial charge in [0.25, 0.3) is 0 Å². The highest BCUT2D eigenvalue weighted by atomic mass is 79.9. The molecule has 0 aromatic heterocycles. The van der Waals surface area contributed by atoms with Crippen LogP contribution in [0.15, 0.2) is 4.99 Å². The summed E-state index contributed by atoms with van der Waals surface area (Å²) in [4.78, 5) is 4.31. The van der Waals surface area contributed by atoms with Crippen molar-refractivity contribution in [3.05, 3.63) is 0 Å². The highest BCUT2D eigenvalue weighted by Gasteiger charge is 2.13. The average molecular weight is 271 g/mol. The lowest BCUT2D eigenvalue weighted by atomic mass is 10.1. The van der Waals surface area contributed by atoms with Gasteiger partial charge in [0.15, 0.2) is 0 Å². The van der Waals surface area contributed by atoms with Crippen LogP contribution in [0.3, 0.4) is 0 Å². The molecule has 3 heteroatoms. The Hall–Kier alpha value is 0.630. The second-order valence-corrected chi connectivity index (χ2v) is 7.74. The molecular weight excluding hydrogens is 258 g/mol. The molecular formula is C7H13Br2N. The van der Waals surface area contributed by atoms with Crippen LogP contribution >= 0.6 is 31.9 Å². The van der Waals surface area contributed by atoms with Gasteiger partial charge < -0.3 is 0 Å². The van der Waals surface area contributed by atoms with E-state index < -0.39 is 0 Å². The summed E-state index contributed by atoms with van der Waals surface area (Å²) in [6.07, 6.45) is 1.85. The third-order valence-electron chi connectivity index (χ3n) is 0.679. The molecule has 1 nitrogen and oxygen atoms in total. The van der Waals surface area contributed by atoms with Crippen LogP contribution in [0.5, 0.6) is 0 Å². The number of hydrogen-bond acceptors (Lipinski definition) is 1. The summed E-state index contributed by atoms with van der Waals surface area (Å²) in [5.74, 6) is 0. The number of halogens is 2. The van der Waals surface area contributed by atoms with Crippen molar-refractivity contribution >= 4 is 38.1 Å². The van der Waals surface area contributed by atoms with Crippen molar-refractivity contribution in [2.45, 2.75) is 36.5 Å². The Labute approximate surface area is 79.6 Å². The zero-order valence-electron chi connectivity index (χ0n) is 6.78. The van der Waals surface area contributed by atoms with Crippen LogP contribution in [0.1, 0.15) is 27.7 Å². The zero-order chi connectivity index (χ0) is 8.41. The van der Waals surface area contributed by atoms with E-state index >= 15 is 0 Å². The summed E-state index contributed by atoms with van der Waals surface area (Å²) in [6, 6.07) is 0. The number of nitrogens with zero attached hydrogens (tertiary/aromatic N) is 1. The third-order valence-corrected chi connectivity index (χ3v) is 1.09. The quantitative estimate of drug-likeness (QED) is 0.512. The fraction of sp³-hybridized carbons (Fsp3) is 0.857. The molecule has 0 radical (unpaired) electrons. The van der Waals surface area contributed by atoms with Crippen LogP contribution in [0, 0.1) is 0 Å². The average Bonchev–Trinajstić information content (AvgIpc) is 1.57. The molecule has 0 aliphatic heterocycles. The Morgan fingerprint density at radius 1 is 1.10 bits per heavy atom. The van der Waals surface area contributed by atoms with Crippen molar-refractivity contribution in [1.82, 2.24) is 0 Å². The summed E-state index contributed by atoms with van der Waals surface area (Å²) in [5, 5.41) is 0. The number of aliphatic imine (C=N–C) groups is 1. The van der Waals surface area contributed by atoms with Gasteiger partial charge in [0.1, 0.15) is 3.23 Å². The molecule has 0 rings (SSSR count). The molecule has 0 spiro atoms. The van der Waals surface area contributed by atoms with Gasteiger partial charge in [0.05, 0.1) is 5.54 Å². The fourth-order valence-electron chi connectivity index (χ4n) is 0.307. The first-order chi connectivity index (χ1) is 4.21. The van der Waals surface area contributed by atoms with Gasteiger partial charge in [0.2, 0.25) is 0 Å². The maximum atomic E-state index is 4.31. The molecule has 0 amide bonds. The largest absolute Gasteiger partial charge is 0.289 e. The molecule has 0 heterocycles. The monoisotopic (exact) mass is 269 g/mol. The molecule has 10 heavy (non-hydrogen) atoms. The standard InChI is InChI=1S/C7H13Br2N/c1-6(2,3)10-5-7(4,8)9/h5H,1-4H3. The third kappa shape index (κ3) is 8.63. The lowest BCUT2D eigenvalue weighted by molar-refractivity contribution is 0.585. The molecule has 60 valence electrons. The van der Waals surface area contributed by atoms with Gasteiger partial charge in [-0.2, -0.15) is 0 Å². The van der Waals surface area contributed by atoms with Crippen molar-refractivity contribution in [3.63, 3.8) is 0 Å². The molecule has 0 atom stereocenters. The van der Waals surface area contributed by atoms with E-state index in [9.17, 15) is 0 Å². The van der Waals surface area contributed by atoms with E-state index in [1.54, 1.807) is 0 Å². The van der Waals surface area contributed by atoms with Crippen LogP contribution in [0.4, 0.5) is 0 Å². The number of alkyl halides is 2. The smallest absolute Gasteiger partial charge is 0.112 e. The van der Waals surface area contributed by atoms with Gasteiger partial charge >= 0.3 is 0 Å². The molecule has 0 saturated carbocycles. The molecule has 0 aliphatic rings. The summed E-state index contributed by atoms with van der Waals surface area (Å²) in [6.45, 7) is 8.18. The highest BCUT2D eigenvalue weighted by molar-refractivity contribution is 9.25. The maximum absolute atomic E-state index is 4.31. The van der Waals surface area contributed by atoms with Gasteiger partial charge in [-0.3, -0.25) is 4.99 Å². The molecule has 0 aromatic rings. The Balaban J connectivity index is 4.01. The van der Waals surface area contributed by atoms with E-state index in [1.807, 2.05) is 13.1 Å². The number of rotatable bonds is 1. The van der Waals surface area contributed by atoms with E-state index in [0.717, 1.165) is 0 Å². The second kappa shape index (κ2) is 3.35. The van der Waals surface area contributed by atoms with Gasteiger partial charge in [-0.05, 0) is 27.7 Å². The first kappa shape index (κ1) is 10.6. The highest BCUT2D eigenvalue weighted by Crippen LogP contribution is 2.23. The van der Waals surface area contributed by atoms with Crippen LogP contribution in [0.2, 0.25) is 0 Å². The lowest BCUT2D eigenvalue weighted by Crippen LogP contribution is -2.14.